The molecule has 0 radical (unpaired) electrons. The van der Waals surface area contributed by atoms with Gasteiger partial charge in [-0.3, -0.25) is 10.00 Å². The number of H-pyrrole nitrogens is 1. The molecule has 164 valence electrons. The van der Waals surface area contributed by atoms with Crippen molar-refractivity contribution in [3.05, 3.63) is 64.4 Å². The SMILES string of the molecule is Cc1ccc(-c2nc(=S)n(CN3CCN(S(=O)(=O)c4c(F)cccc4F)CC3)[nH]2)cc1. The molecule has 1 aliphatic rings. The first kappa shape index (κ1) is 21.8. The summed E-state index contributed by atoms with van der Waals surface area (Å²) in [5.41, 5.74) is 2.06. The van der Waals surface area contributed by atoms with E-state index in [1.165, 1.54) is 0 Å². The third kappa shape index (κ3) is 4.45. The smallest absolute Gasteiger partial charge is 0.249 e. The average molecular weight is 466 g/mol. The fourth-order valence-electron chi connectivity index (χ4n) is 3.46. The van der Waals surface area contributed by atoms with E-state index < -0.39 is 26.6 Å². The van der Waals surface area contributed by atoms with Gasteiger partial charge in [0.1, 0.15) is 11.6 Å². The van der Waals surface area contributed by atoms with Crippen LogP contribution in [0.2, 0.25) is 0 Å². The number of piperazine rings is 1. The summed E-state index contributed by atoms with van der Waals surface area (Å²) in [7, 11) is -4.25. The molecule has 1 saturated heterocycles. The minimum absolute atomic E-state index is 0.113. The van der Waals surface area contributed by atoms with Gasteiger partial charge in [-0.05, 0) is 31.3 Å². The van der Waals surface area contributed by atoms with Crippen LogP contribution in [0.3, 0.4) is 0 Å². The summed E-state index contributed by atoms with van der Waals surface area (Å²) < 4.78 is 56.6. The van der Waals surface area contributed by atoms with Crippen molar-refractivity contribution in [1.29, 1.82) is 0 Å². The molecule has 4 rings (SSSR count). The Labute approximate surface area is 184 Å². The second-order valence-electron chi connectivity index (χ2n) is 7.36. The van der Waals surface area contributed by atoms with Crippen LogP contribution in [0, 0.1) is 23.3 Å². The van der Waals surface area contributed by atoms with Gasteiger partial charge in [0, 0.05) is 31.7 Å². The lowest BCUT2D eigenvalue weighted by molar-refractivity contribution is 0.144. The second kappa shape index (κ2) is 8.58. The molecule has 1 fully saturated rings. The number of hydrogen-bond acceptors (Lipinski definition) is 5. The molecule has 0 spiro atoms. The Morgan fingerprint density at radius 1 is 1.03 bits per heavy atom. The third-order valence-corrected chi connectivity index (χ3v) is 7.46. The lowest BCUT2D eigenvalue weighted by atomic mass is 10.1. The van der Waals surface area contributed by atoms with Crippen molar-refractivity contribution in [2.45, 2.75) is 18.5 Å². The Kier molecular flexibility index (Phi) is 6.02. The quantitative estimate of drug-likeness (QED) is 0.586. The maximum Gasteiger partial charge on any atom is 0.249 e. The highest BCUT2D eigenvalue weighted by molar-refractivity contribution is 7.89. The van der Waals surface area contributed by atoms with Crippen molar-refractivity contribution in [3.63, 3.8) is 0 Å². The molecule has 0 amide bonds. The van der Waals surface area contributed by atoms with Crippen LogP contribution >= 0.6 is 12.2 Å². The van der Waals surface area contributed by atoms with E-state index in [0.29, 0.717) is 30.4 Å². The Morgan fingerprint density at radius 2 is 1.65 bits per heavy atom. The fourth-order valence-corrected chi connectivity index (χ4v) is 5.19. The number of aromatic amines is 1. The molecule has 0 aliphatic carbocycles. The van der Waals surface area contributed by atoms with E-state index in [1.54, 1.807) is 4.68 Å². The molecule has 2 aromatic carbocycles. The van der Waals surface area contributed by atoms with E-state index in [1.807, 2.05) is 36.1 Å². The summed E-state index contributed by atoms with van der Waals surface area (Å²) in [6.07, 6.45) is 0. The van der Waals surface area contributed by atoms with Gasteiger partial charge in [-0.25, -0.2) is 21.9 Å². The van der Waals surface area contributed by atoms with Crippen molar-refractivity contribution in [2.24, 2.45) is 0 Å². The molecule has 1 aromatic heterocycles. The predicted octanol–water partition coefficient (Wildman–Crippen LogP) is 3.16. The van der Waals surface area contributed by atoms with Gasteiger partial charge < -0.3 is 0 Å². The number of benzene rings is 2. The maximum atomic E-state index is 14.0. The summed E-state index contributed by atoms with van der Waals surface area (Å²) >= 11 is 5.35. The van der Waals surface area contributed by atoms with Crippen LogP contribution in [0.5, 0.6) is 0 Å². The molecule has 0 atom stereocenters. The van der Waals surface area contributed by atoms with Crippen molar-refractivity contribution in [2.75, 3.05) is 26.2 Å². The van der Waals surface area contributed by atoms with Crippen LogP contribution in [-0.2, 0) is 16.7 Å². The largest absolute Gasteiger partial charge is 0.282 e. The zero-order valence-corrected chi connectivity index (χ0v) is 18.4. The number of aromatic nitrogens is 3. The Balaban J connectivity index is 1.44. The summed E-state index contributed by atoms with van der Waals surface area (Å²) in [6, 6.07) is 10.9. The Bertz CT molecular complexity index is 1230. The molecule has 0 bridgehead atoms. The average Bonchev–Trinajstić information content (AvgIpc) is 3.09. The van der Waals surface area contributed by atoms with E-state index in [2.05, 4.69) is 10.1 Å². The Hall–Kier alpha value is -2.47. The van der Waals surface area contributed by atoms with Crippen molar-refractivity contribution >= 4 is 22.2 Å². The minimum atomic E-state index is -4.25. The lowest BCUT2D eigenvalue weighted by Gasteiger charge is -2.33. The van der Waals surface area contributed by atoms with Crippen LogP contribution in [-0.4, -0.2) is 58.6 Å². The van der Waals surface area contributed by atoms with E-state index in [0.717, 1.165) is 33.6 Å². The van der Waals surface area contributed by atoms with Crippen LogP contribution in [0.4, 0.5) is 8.78 Å². The topological polar surface area (TPSA) is 74.2 Å². The van der Waals surface area contributed by atoms with E-state index in [4.69, 9.17) is 12.2 Å². The molecule has 7 nitrogen and oxygen atoms in total. The molecule has 1 N–H and O–H groups in total. The van der Waals surface area contributed by atoms with Gasteiger partial charge in [0.05, 0.1) is 6.67 Å². The van der Waals surface area contributed by atoms with Gasteiger partial charge in [0.25, 0.3) is 0 Å². The maximum absolute atomic E-state index is 14.0. The van der Waals surface area contributed by atoms with Crippen molar-refractivity contribution in [1.82, 2.24) is 24.0 Å². The molecule has 31 heavy (non-hydrogen) atoms. The number of sulfonamides is 1. The number of nitrogens with one attached hydrogen (secondary N) is 1. The van der Waals surface area contributed by atoms with Gasteiger partial charge in [-0.2, -0.15) is 9.29 Å². The molecule has 0 unspecified atom stereocenters. The highest BCUT2D eigenvalue weighted by Crippen LogP contribution is 2.24. The molecule has 1 aliphatic heterocycles. The summed E-state index contributed by atoms with van der Waals surface area (Å²) in [6.45, 7) is 3.40. The number of aryl methyl sites for hydroxylation is 1. The second-order valence-corrected chi connectivity index (χ2v) is 9.60. The summed E-state index contributed by atoms with van der Waals surface area (Å²) in [4.78, 5) is 5.49. The normalized spacial score (nSPS) is 16.0. The zero-order valence-electron chi connectivity index (χ0n) is 16.8. The molecule has 11 heteroatoms. The predicted molar refractivity (Wildman–Crippen MR) is 114 cm³/mol. The highest BCUT2D eigenvalue weighted by atomic mass is 32.2. The number of rotatable bonds is 5. The molecule has 3 aromatic rings. The standard InChI is InChI=1S/C20H21F2N5O2S2/c1-14-5-7-15(8-6-14)19-23-20(30)27(24-19)13-25-9-11-26(12-10-25)31(28,29)18-16(21)3-2-4-17(18)22/h2-8H,9-13H2,1H3,(H,23,24,30). The number of nitrogens with zero attached hydrogens (tertiary/aromatic N) is 4. The Morgan fingerprint density at radius 3 is 2.26 bits per heavy atom. The van der Waals surface area contributed by atoms with Crippen molar-refractivity contribution in [3.8, 4) is 11.4 Å². The first-order chi connectivity index (χ1) is 14.8. The molecular formula is C20H21F2N5O2S2. The summed E-state index contributed by atoms with van der Waals surface area (Å²) in [5, 5.41) is 3.18. The third-order valence-electron chi connectivity index (χ3n) is 5.19. The number of halogens is 2. The van der Waals surface area contributed by atoms with Gasteiger partial charge >= 0.3 is 0 Å². The zero-order chi connectivity index (χ0) is 22.2. The van der Waals surface area contributed by atoms with Gasteiger partial charge in [0.15, 0.2) is 10.7 Å². The molecule has 0 saturated carbocycles. The van der Waals surface area contributed by atoms with Gasteiger partial charge in [-0.1, -0.05) is 35.9 Å². The van der Waals surface area contributed by atoms with Crippen molar-refractivity contribution < 1.29 is 17.2 Å². The van der Waals surface area contributed by atoms with Crippen LogP contribution in [0.15, 0.2) is 47.4 Å². The monoisotopic (exact) mass is 465 g/mol. The van der Waals surface area contributed by atoms with Crippen LogP contribution < -0.4 is 0 Å². The van der Waals surface area contributed by atoms with E-state index in [-0.39, 0.29) is 13.1 Å². The molecular weight excluding hydrogens is 444 g/mol. The lowest BCUT2D eigenvalue weighted by Crippen LogP contribution is -2.49. The number of hydrogen-bond donors (Lipinski definition) is 1. The van der Waals surface area contributed by atoms with E-state index in [9.17, 15) is 17.2 Å². The highest BCUT2D eigenvalue weighted by Gasteiger charge is 2.33. The van der Waals surface area contributed by atoms with Gasteiger partial charge in [0.2, 0.25) is 14.8 Å². The fraction of sp³-hybridized carbons (Fsp3) is 0.300. The molecule has 2 heterocycles. The van der Waals surface area contributed by atoms with E-state index >= 15 is 0 Å². The first-order valence-electron chi connectivity index (χ1n) is 9.66. The first-order valence-corrected chi connectivity index (χ1v) is 11.5. The van der Waals surface area contributed by atoms with Gasteiger partial charge in [-0.15, -0.1) is 0 Å². The summed E-state index contributed by atoms with van der Waals surface area (Å²) in [5.74, 6) is -1.52. The van der Waals surface area contributed by atoms with Crippen LogP contribution in [0.1, 0.15) is 5.56 Å². The van der Waals surface area contributed by atoms with Crippen LogP contribution in [0.25, 0.3) is 11.4 Å². The minimum Gasteiger partial charge on any atom is -0.282 e.